The monoisotopic (exact) mass is 232 g/mol. The molecular formula is C13H16N2O2. The molecule has 0 aliphatic heterocycles. The van der Waals surface area contributed by atoms with Crippen molar-refractivity contribution in [3.05, 3.63) is 42.1 Å². The summed E-state index contributed by atoms with van der Waals surface area (Å²) >= 11 is 0. The molecule has 0 amide bonds. The third-order valence-electron chi connectivity index (χ3n) is 2.40. The van der Waals surface area contributed by atoms with E-state index in [0.717, 1.165) is 11.3 Å². The minimum atomic E-state index is 0.517. The minimum Gasteiger partial charge on any atom is -0.474 e. The molecule has 0 saturated heterocycles. The molecule has 0 fully saturated rings. The van der Waals surface area contributed by atoms with E-state index < -0.39 is 0 Å². The van der Waals surface area contributed by atoms with Gasteiger partial charge in [0.15, 0.2) is 0 Å². The second-order valence-electron chi connectivity index (χ2n) is 3.74. The number of ether oxygens (including phenoxy) is 2. The first-order valence-electron chi connectivity index (χ1n) is 5.54. The third kappa shape index (κ3) is 2.85. The summed E-state index contributed by atoms with van der Waals surface area (Å²) in [6.07, 6.45) is 1.96. The van der Waals surface area contributed by atoms with Gasteiger partial charge in [0.05, 0.1) is 12.3 Å². The van der Waals surface area contributed by atoms with Gasteiger partial charge in [0.25, 0.3) is 0 Å². The average molecular weight is 232 g/mol. The molecule has 0 atom stereocenters. The average Bonchev–Trinajstić information content (AvgIpc) is 2.73. The van der Waals surface area contributed by atoms with Crippen LogP contribution in [0.2, 0.25) is 0 Å². The number of aromatic nitrogens is 2. The number of methoxy groups -OCH3 is 1. The molecule has 0 bridgehead atoms. The van der Waals surface area contributed by atoms with Crippen LogP contribution in [-0.4, -0.2) is 30.1 Å². The molecule has 1 aromatic carbocycles. The maximum atomic E-state index is 5.52. The molecule has 1 heterocycles. The Hall–Kier alpha value is -1.81. The molecule has 0 spiro atoms. The van der Waals surface area contributed by atoms with Gasteiger partial charge < -0.3 is 9.47 Å². The number of hydrogen-bond acceptors (Lipinski definition) is 3. The first-order chi connectivity index (χ1) is 8.31. The van der Waals surface area contributed by atoms with Gasteiger partial charge in [0, 0.05) is 18.9 Å². The van der Waals surface area contributed by atoms with Crippen LogP contribution in [0.1, 0.15) is 5.56 Å². The Labute approximate surface area is 101 Å². The van der Waals surface area contributed by atoms with Crippen molar-refractivity contribution in [3.63, 3.8) is 0 Å². The number of benzene rings is 1. The van der Waals surface area contributed by atoms with Crippen LogP contribution < -0.4 is 4.74 Å². The van der Waals surface area contributed by atoms with Crippen LogP contribution in [-0.2, 0) is 4.74 Å². The predicted molar refractivity (Wildman–Crippen MR) is 65.7 cm³/mol. The number of nitrogens with zero attached hydrogens (tertiary/aromatic N) is 2. The van der Waals surface area contributed by atoms with E-state index in [1.807, 2.05) is 48.1 Å². The van der Waals surface area contributed by atoms with Crippen LogP contribution in [0.4, 0.5) is 0 Å². The highest BCUT2D eigenvalue weighted by Gasteiger charge is 2.06. The van der Waals surface area contributed by atoms with Gasteiger partial charge in [-0.05, 0) is 19.1 Å². The summed E-state index contributed by atoms with van der Waals surface area (Å²) in [5, 5.41) is 4.39. The number of rotatable bonds is 5. The van der Waals surface area contributed by atoms with Crippen LogP contribution in [0.5, 0.6) is 5.88 Å². The van der Waals surface area contributed by atoms with Crippen molar-refractivity contribution < 1.29 is 9.47 Å². The van der Waals surface area contributed by atoms with Gasteiger partial charge >= 0.3 is 0 Å². The lowest BCUT2D eigenvalue weighted by atomic mass is 10.3. The summed E-state index contributed by atoms with van der Waals surface area (Å²) in [6.45, 7) is 3.06. The summed E-state index contributed by atoms with van der Waals surface area (Å²) in [6, 6.07) is 9.96. The van der Waals surface area contributed by atoms with E-state index in [1.165, 1.54) is 0 Å². The summed E-state index contributed by atoms with van der Waals surface area (Å²) in [5.41, 5.74) is 2.04. The lowest BCUT2D eigenvalue weighted by Crippen LogP contribution is -2.05. The predicted octanol–water partition coefficient (Wildman–Crippen LogP) is 2.21. The Morgan fingerprint density at radius 3 is 2.65 bits per heavy atom. The molecule has 1 aromatic heterocycles. The van der Waals surface area contributed by atoms with Crippen molar-refractivity contribution in [2.45, 2.75) is 6.92 Å². The smallest absolute Gasteiger partial charge is 0.236 e. The van der Waals surface area contributed by atoms with Crippen molar-refractivity contribution in [2.75, 3.05) is 20.3 Å². The van der Waals surface area contributed by atoms with Crippen LogP contribution >= 0.6 is 0 Å². The molecule has 4 heteroatoms. The van der Waals surface area contributed by atoms with Crippen molar-refractivity contribution >= 4 is 0 Å². The van der Waals surface area contributed by atoms with Crippen molar-refractivity contribution in [1.29, 1.82) is 0 Å². The Morgan fingerprint density at radius 1 is 1.18 bits per heavy atom. The van der Waals surface area contributed by atoms with Crippen molar-refractivity contribution in [3.8, 4) is 11.6 Å². The normalized spacial score (nSPS) is 10.5. The fraction of sp³-hybridized carbons (Fsp3) is 0.308. The van der Waals surface area contributed by atoms with E-state index in [9.17, 15) is 0 Å². The third-order valence-corrected chi connectivity index (χ3v) is 2.40. The number of para-hydroxylation sites is 1. The Morgan fingerprint density at radius 2 is 1.94 bits per heavy atom. The molecule has 2 aromatic rings. The highest BCUT2D eigenvalue weighted by Crippen LogP contribution is 2.17. The van der Waals surface area contributed by atoms with Gasteiger partial charge in [-0.3, -0.25) is 0 Å². The fourth-order valence-corrected chi connectivity index (χ4v) is 1.52. The first-order valence-corrected chi connectivity index (χ1v) is 5.54. The quantitative estimate of drug-likeness (QED) is 0.741. The molecule has 2 rings (SSSR count). The topological polar surface area (TPSA) is 36.3 Å². The fourth-order valence-electron chi connectivity index (χ4n) is 1.52. The molecule has 0 aliphatic rings. The molecular weight excluding hydrogens is 216 g/mol. The van der Waals surface area contributed by atoms with Gasteiger partial charge in [-0.25, -0.2) is 4.68 Å². The maximum Gasteiger partial charge on any atom is 0.236 e. The van der Waals surface area contributed by atoms with Gasteiger partial charge in [0.2, 0.25) is 5.88 Å². The SMILES string of the molecule is COCCOc1nn(-c2ccccc2)cc1C. The van der Waals surface area contributed by atoms with Crippen molar-refractivity contribution in [1.82, 2.24) is 9.78 Å². The minimum absolute atomic E-state index is 0.517. The second kappa shape index (κ2) is 5.50. The largest absolute Gasteiger partial charge is 0.474 e. The first kappa shape index (κ1) is 11.7. The Bertz CT molecular complexity index is 466. The zero-order valence-corrected chi connectivity index (χ0v) is 10.1. The molecule has 17 heavy (non-hydrogen) atoms. The highest BCUT2D eigenvalue weighted by atomic mass is 16.5. The molecule has 90 valence electrons. The summed E-state index contributed by atoms with van der Waals surface area (Å²) < 4.78 is 12.3. The van der Waals surface area contributed by atoms with Crippen LogP contribution in [0.15, 0.2) is 36.5 Å². The van der Waals surface area contributed by atoms with Crippen LogP contribution in [0.3, 0.4) is 0 Å². The summed E-state index contributed by atoms with van der Waals surface area (Å²) in [4.78, 5) is 0. The molecule has 0 aliphatic carbocycles. The summed E-state index contributed by atoms with van der Waals surface area (Å²) in [5.74, 6) is 0.658. The van der Waals surface area contributed by atoms with Crippen LogP contribution in [0, 0.1) is 6.92 Å². The van der Waals surface area contributed by atoms with Gasteiger partial charge in [-0.1, -0.05) is 18.2 Å². The van der Waals surface area contributed by atoms with Gasteiger partial charge in [0.1, 0.15) is 6.61 Å². The Balaban J connectivity index is 2.13. The Kier molecular flexibility index (Phi) is 3.77. The molecule has 0 radical (unpaired) electrons. The zero-order chi connectivity index (χ0) is 12.1. The lowest BCUT2D eigenvalue weighted by Gasteiger charge is -2.02. The number of aryl methyl sites for hydroxylation is 1. The van der Waals surface area contributed by atoms with E-state index in [0.29, 0.717) is 19.1 Å². The molecule has 0 N–H and O–H groups in total. The summed E-state index contributed by atoms with van der Waals surface area (Å²) in [7, 11) is 1.65. The zero-order valence-electron chi connectivity index (χ0n) is 10.1. The molecule has 0 unspecified atom stereocenters. The lowest BCUT2D eigenvalue weighted by molar-refractivity contribution is 0.143. The number of hydrogen-bond donors (Lipinski definition) is 0. The second-order valence-corrected chi connectivity index (χ2v) is 3.74. The highest BCUT2D eigenvalue weighted by molar-refractivity contribution is 5.33. The van der Waals surface area contributed by atoms with Crippen molar-refractivity contribution in [2.24, 2.45) is 0 Å². The molecule has 4 nitrogen and oxygen atoms in total. The van der Waals surface area contributed by atoms with E-state index in [2.05, 4.69) is 5.10 Å². The van der Waals surface area contributed by atoms with Crippen LogP contribution in [0.25, 0.3) is 5.69 Å². The van der Waals surface area contributed by atoms with E-state index in [4.69, 9.17) is 9.47 Å². The van der Waals surface area contributed by atoms with E-state index >= 15 is 0 Å². The van der Waals surface area contributed by atoms with E-state index in [1.54, 1.807) is 7.11 Å². The maximum absolute atomic E-state index is 5.52. The van der Waals surface area contributed by atoms with Gasteiger partial charge in [-0.2, -0.15) is 0 Å². The standard InChI is InChI=1S/C13H16N2O2/c1-11-10-15(12-6-4-3-5-7-12)14-13(11)17-9-8-16-2/h3-7,10H,8-9H2,1-2H3. The van der Waals surface area contributed by atoms with Gasteiger partial charge in [-0.15, -0.1) is 5.10 Å². The van der Waals surface area contributed by atoms with E-state index in [-0.39, 0.29) is 0 Å². The molecule has 0 saturated carbocycles.